The lowest BCUT2D eigenvalue weighted by Gasteiger charge is -2.35. The van der Waals surface area contributed by atoms with Gasteiger partial charge in [0.1, 0.15) is 0 Å². The van der Waals surface area contributed by atoms with Crippen LogP contribution in [0.25, 0.3) is 0 Å². The largest absolute Gasteiger partial charge is 0.349 e. The predicted molar refractivity (Wildman–Crippen MR) is 75.6 cm³/mol. The van der Waals surface area contributed by atoms with Gasteiger partial charge in [-0.15, -0.1) is 10.2 Å². The van der Waals surface area contributed by atoms with Gasteiger partial charge in [0.05, 0.1) is 5.56 Å². The molecule has 0 aliphatic heterocycles. The van der Waals surface area contributed by atoms with E-state index in [1.165, 1.54) is 12.5 Å². The van der Waals surface area contributed by atoms with E-state index in [4.69, 9.17) is 23.2 Å². The van der Waals surface area contributed by atoms with Gasteiger partial charge >= 0.3 is 0 Å². The highest BCUT2D eigenvalue weighted by Gasteiger charge is 2.29. The van der Waals surface area contributed by atoms with Crippen LogP contribution in [0, 0.1) is 5.41 Å². The van der Waals surface area contributed by atoms with Crippen LogP contribution in [0.1, 0.15) is 49.9 Å². The van der Waals surface area contributed by atoms with Crippen molar-refractivity contribution in [2.75, 3.05) is 0 Å². The molecule has 6 heteroatoms. The quantitative estimate of drug-likeness (QED) is 0.910. The second-order valence-corrected chi connectivity index (χ2v) is 6.55. The fourth-order valence-electron chi connectivity index (χ4n) is 2.60. The lowest BCUT2D eigenvalue weighted by molar-refractivity contribution is 0.0902. The van der Waals surface area contributed by atoms with Gasteiger partial charge in [0.15, 0.2) is 10.3 Å². The monoisotopic (exact) mass is 301 g/mol. The molecule has 1 N–H and O–H groups in total. The van der Waals surface area contributed by atoms with Crippen molar-refractivity contribution in [2.24, 2.45) is 5.41 Å². The van der Waals surface area contributed by atoms with Crippen molar-refractivity contribution < 1.29 is 4.79 Å². The summed E-state index contributed by atoms with van der Waals surface area (Å²) in [6.07, 6.45) is 4.30. The lowest BCUT2D eigenvalue weighted by atomic mass is 9.75. The average Bonchev–Trinajstić information content (AvgIpc) is 2.31. The van der Waals surface area contributed by atoms with Gasteiger partial charge in [0.2, 0.25) is 0 Å². The highest BCUT2D eigenvalue weighted by molar-refractivity contribution is 6.34. The van der Waals surface area contributed by atoms with E-state index in [1.54, 1.807) is 0 Å². The molecule has 0 radical (unpaired) electrons. The molecule has 1 unspecified atom stereocenters. The van der Waals surface area contributed by atoms with E-state index < -0.39 is 0 Å². The number of carbonyl (C=O) groups excluding carboxylic acids is 1. The van der Waals surface area contributed by atoms with Gasteiger partial charge in [-0.2, -0.15) is 0 Å². The molecule has 104 valence electrons. The molecular weight excluding hydrogens is 285 g/mol. The van der Waals surface area contributed by atoms with Crippen LogP contribution in [-0.4, -0.2) is 22.1 Å². The Bertz CT molecular complexity index is 491. The molecule has 0 spiro atoms. The molecule has 4 nitrogen and oxygen atoms in total. The topological polar surface area (TPSA) is 54.9 Å². The zero-order valence-corrected chi connectivity index (χ0v) is 12.6. The molecule has 0 saturated heterocycles. The second-order valence-electron chi connectivity index (χ2n) is 5.80. The van der Waals surface area contributed by atoms with Gasteiger partial charge < -0.3 is 5.32 Å². The minimum Gasteiger partial charge on any atom is -0.349 e. The van der Waals surface area contributed by atoms with Gasteiger partial charge in [-0.25, -0.2) is 0 Å². The van der Waals surface area contributed by atoms with E-state index >= 15 is 0 Å². The molecule has 1 heterocycles. The number of amides is 1. The predicted octanol–water partition coefficient (Wildman–Crippen LogP) is 3.48. The van der Waals surface area contributed by atoms with Crippen LogP contribution in [0.2, 0.25) is 10.3 Å². The summed E-state index contributed by atoms with van der Waals surface area (Å²) >= 11 is 11.6. The Hall–Kier alpha value is -0.870. The van der Waals surface area contributed by atoms with Gasteiger partial charge in [-0.1, -0.05) is 43.5 Å². The number of carbonyl (C=O) groups is 1. The first-order valence-corrected chi connectivity index (χ1v) is 7.12. The van der Waals surface area contributed by atoms with Gasteiger partial charge in [0, 0.05) is 6.04 Å². The van der Waals surface area contributed by atoms with Crippen LogP contribution in [0.4, 0.5) is 0 Å². The van der Waals surface area contributed by atoms with E-state index in [0.717, 1.165) is 19.3 Å². The third-order valence-electron chi connectivity index (χ3n) is 3.50. The Morgan fingerprint density at radius 3 is 2.84 bits per heavy atom. The van der Waals surface area contributed by atoms with Crippen molar-refractivity contribution in [1.82, 2.24) is 15.5 Å². The maximum absolute atomic E-state index is 12.2. The number of halogens is 2. The maximum Gasteiger partial charge on any atom is 0.254 e. The summed E-state index contributed by atoms with van der Waals surface area (Å²) in [7, 11) is 0. The third-order valence-corrected chi connectivity index (χ3v) is 3.97. The minimum atomic E-state index is -0.232. The van der Waals surface area contributed by atoms with Gasteiger partial charge in [-0.3, -0.25) is 4.79 Å². The average molecular weight is 302 g/mol. The molecule has 1 atom stereocenters. The molecule has 1 fully saturated rings. The van der Waals surface area contributed by atoms with Crippen LogP contribution < -0.4 is 5.32 Å². The van der Waals surface area contributed by atoms with E-state index in [-0.39, 0.29) is 33.2 Å². The standard InChI is InChI=1S/C13H17Cl2N3O/c1-13(2)5-3-4-8(7-13)16-12(19)9-6-10(14)17-18-11(9)15/h6,8H,3-5,7H2,1-2H3,(H,16,19). The van der Waals surface area contributed by atoms with Gasteiger partial charge in [0.25, 0.3) is 5.91 Å². The Balaban J connectivity index is 2.06. The zero-order valence-electron chi connectivity index (χ0n) is 11.0. The van der Waals surface area contributed by atoms with Crippen LogP contribution in [0.3, 0.4) is 0 Å². The first-order chi connectivity index (χ1) is 8.87. The summed E-state index contributed by atoms with van der Waals surface area (Å²) in [6, 6.07) is 1.62. The minimum absolute atomic E-state index is 0.0805. The van der Waals surface area contributed by atoms with Crippen LogP contribution in [0.5, 0.6) is 0 Å². The van der Waals surface area contributed by atoms with Crippen molar-refractivity contribution >= 4 is 29.1 Å². The van der Waals surface area contributed by atoms with E-state index in [1.807, 2.05) is 0 Å². The molecule has 1 aromatic rings. The first kappa shape index (κ1) is 14.5. The van der Waals surface area contributed by atoms with Crippen LogP contribution in [-0.2, 0) is 0 Å². The molecule has 1 aromatic heterocycles. The molecule has 0 bridgehead atoms. The summed E-state index contributed by atoms with van der Waals surface area (Å²) in [4.78, 5) is 12.2. The summed E-state index contributed by atoms with van der Waals surface area (Å²) in [5, 5.41) is 10.5. The zero-order chi connectivity index (χ0) is 14.0. The maximum atomic E-state index is 12.2. The highest BCUT2D eigenvalue weighted by atomic mass is 35.5. The van der Waals surface area contributed by atoms with E-state index in [9.17, 15) is 4.79 Å². The first-order valence-electron chi connectivity index (χ1n) is 6.37. The lowest BCUT2D eigenvalue weighted by Crippen LogP contribution is -2.40. The normalized spacial score (nSPS) is 22.0. The Labute approximate surface area is 122 Å². The molecular formula is C13H17Cl2N3O. The Kier molecular flexibility index (Phi) is 4.31. The molecule has 1 amide bonds. The highest BCUT2D eigenvalue weighted by Crippen LogP contribution is 2.35. The Morgan fingerprint density at radius 2 is 2.16 bits per heavy atom. The fourth-order valence-corrected chi connectivity index (χ4v) is 2.92. The van der Waals surface area contributed by atoms with E-state index in [0.29, 0.717) is 0 Å². The Morgan fingerprint density at radius 1 is 1.42 bits per heavy atom. The molecule has 1 aliphatic rings. The third kappa shape index (κ3) is 3.80. The smallest absolute Gasteiger partial charge is 0.254 e. The number of nitrogens with one attached hydrogen (secondary N) is 1. The SMILES string of the molecule is CC1(C)CCCC(NC(=O)c2cc(Cl)nnc2Cl)C1. The van der Waals surface area contributed by atoms with Crippen LogP contribution in [0.15, 0.2) is 6.07 Å². The molecule has 2 rings (SSSR count). The van der Waals surface area contributed by atoms with Gasteiger partial charge in [-0.05, 0) is 30.7 Å². The fraction of sp³-hybridized carbons (Fsp3) is 0.615. The van der Waals surface area contributed by atoms with Crippen molar-refractivity contribution in [3.8, 4) is 0 Å². The number of rotatable bonds is 2. The summed E-state index contributed by atoms with van der Waals surface area (Å²) in [5.74, 6) is -0.232. The number of nitrogens with zero attached hydrogens (tertiary/aromatic N) is 2. The molecule has 19 heavy (non-hydrogen) atoms. The van der Waals surface area contributed by atoms with Crippen molar-refractivity contribution in [3.63, 3.8) is 0 Å². The van der Waals surface area contributed by atoms with E-state index in [2.05, 4.69) is 29.4 Å². The second kappa shape index (κ2) is 5.63. The van der Waals surface area contributed by atoms with Crippen LogP contribution >= 0.6 is 23.2 Å². The van der Waals surface area contributed by atoms with Crippen molar-refractivity contribution in [3.05, 3.63) is 21.9 Å². The van der Waals surface area contributed by atoms with Crippen molar-refractivity contribution in [2.45, 2.75) is 45.6 Å². The molecule has 1 aliphatic carbocycles. The molecule has 1 saturated carbocycles. The summed E-state index contributed by atoms with van der Waals surface area (Å²) in [5.41, 5.74) is 0.554. The molecule has 0 aromatic carbocycles. The van der Waals surface area contributed by atoms with Crippen molar-refractivity contribution in [1.29, 1.82) is 0 Å². The summed E-state index contributed by atoms with van der Waals surface area (Å²) in [6.45, 7) is 4.45. The number of hydrogen-bond acceptors (Lipinski definition) is 3. The number of hydrogen-bond donors (Lipinski definition) is 1. The summed E-state index contributed by atoms with van der Waals surface area (Å²) < 4.78 is 0. The number of aromatic nitrogens is 2.